The van der Waals surface area contributed by atoms with Crippen molar-refractivity contribution in [3.63, 3.8) is 0 Å². The van der Waals surface area contributed by atoms with Crippen LogP contribution in [0.2, 0.25) is 0 Å². The molecule has 4 heteroatoms. The first-order chi connectivity index (χ1) is 11.2. The second-order valence-corrected chi connectivity index (χ2v) is 5.96. The molecule has 3 rings (SSSR count). The molecule has 0 saturated heterocycles. The number of hydrogen-bond acceptors (Lipinski definition) is 3. The Morgan fingerprint density at radius 1 is 1.30 bits per heavy atom. The van der Waals surface area contributed by atoms with Crippen molar-refractivity contribution in [3.05, 3.63) is 59.6 Å². The molecule has 4 nitrogen and oxygen atoms in total. The molecule has 0 bridgehead atoms. The molecular weight excluding hydrogens is 290 g/mol. The Morgan fingerprint density at radius 2 is 2.04 bits per heavy atom. The maximum Gasteiger partial charge on any atom is 0.244 e. The van der Waals surface area contributed by atoms with Gasteiger partial charge in [0.05, 0.1) is 7.11 Å². The van der Waals surface area contributed by atoms with Gasteiger partial charge in [0, 0.05) is 18.5 Å². The minimum Gasteiger partial charge on any atom is -0.497 e. The summed E-state index contributed by atoms with van der Waals surface area (Å²) in [5, 5.41) is 2.85. The number of ether oxygens (including phenoxy) is 1. The van der Waals surface area contributed by atoms with Crippen molar-refractivity contribution in [1.29, 1.82) is 0 Å². The standard InChI is InChI=1S/C19H21NO3/c1-13-11-17(13)18-9-7-16(23-18)8-10-19(21)20-12-14-3-5-15(22-2)6-4-14/h3-10,13,17H,11-12H2,1-2H3,(H,20,21)/b10-8+. The minimum absolute atomic E-state index is 0.140. The van der Waals surface area contributed by atoms with Crippen LogP contribution in [0, 0.1) is 5.92 Å². The van der Waals surface area contributed by atoms with Crippen molar-refractivity contribution in [2.45, 2.75) is 25.8 Å². The molecule has 1 amide bonds. The summed E-state index contributed by atoms with van der Waals surface area (Å²) in [4.78, 5) is 11.9. The fourth-order valence-electron chi connectivity index (χ4n) is 2.53. The average Bonchev–Trinajstić information content (AvgIpc) is 3.12. The van der Waals surface area contributed by atoms with Crippen molar-refractivity contribution in [2.75, 3.05) is 7.11 Å². The number of carbonyl (C=O) groups excluding carboxylic acids is 1. The maximum absolute atomic E-state index is 11.9. The summed E-state index contributed by atoms with van der Waals surface area (Å²) in [7, 11) is 1.63. The van der Waals surface area contributed by atoms with Crippen molar-refractivity contribution in [3.8, 4) is 5.75 Å². The Bertz CT molecular complexity index is 700. The molecular formula is C19H21NO3. The Kier molecular flexibility index (Phi) is 4.51. The largest absolute Gasteiger partial charge is 0.497 e. The van der Waals surface area contributed by atoms with Crippen LogP contribution >= 0.6 is 0 Å². The summed E-state index contributed by atoms with van der Waals surface area (Å²) in [6.07, 6.45) is 4.40. The molecule has 1 aliphatic carbocycles. The molecule has 1 N–H and O–H groups in total. The van der Waals surface area contributed by atoms with E-state index in [1.807, 2.05) is 36.4 Å². The lowest BCUT2D eigenvalue weighted by Crippen LogP contribution is -2.20. The maximum atomic E-state index is 11.9. The van der Waals surface area contributed by atoms with Crippen molar-refractivity contribution < 1.29 is 13.9 Å². The normalized spacial score (nSPS) is 19.7. The molecule has 2 unspecified atom stereocenters. The molecule has 1 aromatic carbocycles. The molecule has 1 saturated carbocycles. The Labute approximate surface area is 136 Å². The van der Waals surface area contributed by atoms with E-state index in [1.54, 1.807) is 13.2 Å². The van der Waals surface area contributed by atoms with Crippen LogP contribution in [0.4, 0.5) is 0 Å². The number of benzene rings is 1. The third-order valence-electron chi connectivity index (χ3n) is 4.15. The van der Waals surface area contributed by atoms with Crippen LogP contribution in [-0.4, -0.2) is 13.0 Å². The quantitative estimate of drug-likeness (QED) is 0.827. The zero-order valence-corrected chi connectivity index (χ0v) is 13.4. The molecule has 23 heavy (non-hydrogen) atoms. The monoisotopic (exact) mass is 311 g/mol. The smallest absolute Gasteiger partial charge is 0.244 e. The van der Waals surface area contributed by atoms with Crippen molar-refractivity contribution in [1.82, 2.24) is 5.32 Å². The first-order valence-electron chi connectivity index (χ1n) is 7.84. The average molecular weight is 311 g/mol. The fraction of sp³-hybridized carbons (Fsp3) is 0.316. The van der Waals surface area contributed by atoms with E-state index in [0.717, 1.165) is 22.8 Å². The molecule has 0 radical (unpaired) electrons. The predicted molar refractivity (Wildman–Crippen MR) is 89.1 cm³/mol. The van der Waals surface area contributed by atoms with Crippen molar-refractivity contribution in [2.24, 2.45) is 5.92 Å². The van der Waals surface area contributed by atoms with Gasteiger partial charge in [-0.3, -0.25) is 4.79 Å². The minimum atomic E-state index is -0.140. The third-order valence-corrected chi connectivity index (χ3v) is 4.15. The van der Waals surface area contributed by atoms with Gasteiger partial charge in [0.2, 0.25) is 5.91 Å². The van der Waals surface area contributed by atoms with Crippen LogP contribution in [0.25, 0.3) is 6.08 Å². The summed E-state index contributed by atoms with van der Waals surface area (Å²) >= 11 is 0. The first-order valence-corrected chi connectivity index (χ1v) is 7.84. The van der Waals surface area contributed by atoms with Gasteiger partial charge in [0.15, 0.2) is 0 Å². The molecule has 1 heterocycles. The lowest BCUT2D eigenvalue weighted by molar-refractivity contribution is -0.116. The van der Waals surface area contributed by atoms with E-state index < -0.39 is 0 Å². The zero-order chi connectivity index (χ0) is 16.2. The summed E-state index contributed by atoms with van der Waals surface area (Å²) in [5.74, 6) is 3.68. The van der Waals surface area contributed by atoms with E-state index in [9.17, 15) is 4.79 Å². The van der Waals surface area contributed by atoms with E-state index in [1.165, 1.54) is 12.5 Å². The molecule has 0 aliphatic heterocycles. The van der Waals surface area contributed by atoms with E-state index >= 15 is 0 Å². The molecule has 120 valence electrons. The number of furan rings is 1. The second kappa shape index (κ2) is 6.73. The molecule has 2 aromatic rings. The second-order valence-electron chi connectivity index (χ2n) is 5.96. The molecule has 1 fully saturated rings. The highest BCUT2D eigenvalue weighted by Gasteiger charge is 2.36. The molecule has 2 atom stereocenters. The highest BCUT2D eigenvalue weighted by Crippen LogP contribution is 2.47. The summed E-state index contributed by atoms with van der Waals surface area (Å²) < 4.78 is 10.8. The Morgan fingerprint density at radius 3 is 2.70 bits per heavy atom. The van der Waals surface area contributed by atoms with E-state index in [0.29, 0.717) is 18.4 Å². The summed E-state index contributed by atoms with van der Waals surface area (Å²) in [5.41, 5.74) is 1.02. The number of carbonyl (C=O) groups is 1. The fourth-order valence-corrected chi connectivity index (χ4v) is 2.53. The van der Waals surface area contributed by atoms with E-state index in [2.05, 4.69) is 12.2 Å². The zero-order valence-electron chi connectivity index (χ0n) is 13.4. The lowest BCUT2D eigenvalue weighted by atomic mass is 10.2. The number of methoxy groups -OCH3 is 1. The van der Waals surface area contributed by atoms with Crippen LogP contribution in [0.3, 0.4) is 0 Å². The SMILES string of the molecule is COc1ccc(CNC(=O)/C=C/c2ccc(C3CC3C)o2)cc1. The highest BCUT2D eigenvalue weighted by molar-refractivity contribution is 5.91. The van der Waals surface area contributed by atoms with Crippen LogP contribution in [-0.2, 0) is 11.3 Å². The number of nitrogens with one attached hydrogen (secondary N) is 1. The van der Waals surface area contributed by atoms with Gasteiger partial charge in [0.1, 0.15) is 17.3 Å². The Balaban J connectivity index is 1.49. The van der Waals surface area contributed by atoms with Gasteiger partial charge in [-0.15, -0.1) is 0 Å². The summed E-state index contributed by atoms with van der Waals surface area (Å²) in [6.45, 7) is 2.70. The van der Waals surface area contributed by atoms with Gasteiger partial charge in [-0.05, 0) is 48.2 Å². The van der Waals surface area contributed by atoms with Crippen LogP contribution in [0.5, 0.6) is 5.75 Å². The van der Waals surface area contributed by atoms with E-state index in [-0.39, 0.29) is 5.91 Å². The topological polar surface area (TPSA) is 51.5 Å². The van der Waals surface area contributed by atoms with Gasteiger partial charge in [-0.1, -0.05) is 19.1 Å². The van der Waals surface area contributed by atoms with E-state index in [4.69, 9.17) is 9.15 Å². The third kappa shape index (κ3) is 4.03. The number of amides is 1. The molecule has 0 spiro atoms. The molecule has 1 aliphatic rings. The van der Waals surface area contributed by atoms with Gasteiger partial charge in [0.25, 0.3) is 0 Å². The van der Waals surface area contributed by atoms with Crippen molar-refractivity contribution >= 4 is 12.0 Å². The van der Waals surface area contributed by atoms with Gasteiger partial charge in [-0.25, -0.2) is 0 Å². The van der Waals surface area contributed by atoms with Gasteiger partial charge < -0.3 is 14.5 Å². The summed E-state index contributed by atoms with van der Waals surface area (Å²) in [6, 6.07) is 11.5. The Hall–Kier alpha value is -2.49. The molecule has 1 aromatic heterocycles. The first kappa shape index (κ1) is 15.4. The number of hydrogen-bond donors (Lipinski definition) is 1. The highest BCUT2D eigenvalue weighted by atomic mass is 16.5. The van der Waals surface area contributed by atoms with Crippen LogP contribution in [0.1, 0.15) is 36.3 Å². The predicted octanol–water partition coefficient (Wildman–Crippen LogP) is 3.74. The van der Waals surface area contributed by atoms with Crippen LogP contribution < -0.4 is 10.1 Å². The lowest BCUT2D eigenvalue weighted by Gasteiger charge is -2.04. The van der Waals surface area contributed by atoms with Crippen LogP contribution in [0.15, 0.2) is 46.9 Å². The van der Waals surface area contributed by atoms with Gasteiger partial charge >= 0.3 is 0 Å². The number of rotatable bonds is 6. The van der Waals surface area contributed by atoms with Gasteiger partial charge in [-0.2, -0.15) is 0 Å².